The van der Waals surface area contributed by atoms with Gasteiger partial charge < -0.3 is 20.7 Å². The number of carbonyl (C=O) groups is 1. The van der Waals surface area contributed by atoms with Crippen LogP contribution in [-0.4, -0.2) is 55.8 Å². The van der Waals surface area contributed by atoms with Gasteiger partial charge in [0.2, 0.25) is 5.91 Å². The number of carbonyl (C=O) groups excluding carboxylic acids is 1. The fourth-order valence-electron chi connectivity index (χ4n) is 5.17. The highest BCUT2D eigenvalue weighted by Gasteiger charge is 2.29. The Bertz CT molecular complexity index is 1570. The minimum Gasteiger partial charge on any atom is -0.392 e. The smallest absolute Gasteiger partial charge is 0.392 e. The summed E-state index contributed by atoms with van der Waals surface area (Å²) < 4.78 is 40.1. The number of aliphatic hydroxyl groups excluding tert-OH is 1. The molecule has 0 aliphatic carbocycles. The number of aliphatic hydroxyl groups is 1. The van der Waals surface area contributed by atoms with Gasteiger partial charge in [-0.25, -0.2) is 9.97 Å². The number of likely N-dealkylation sites (tertiary alicyclic amines) is 1. The third-order valence-corrected chi connectivity index (χ3v) is 8.00. The maximum Gasteiger partial charge on any atom is 0.393 e. The molecule has 3 aromatic heterocycles. The number of hydrogen-bond acceptors (Lipinski definition) is 8. The van der Waals surface area contributed by atoms with Gasteiger partial charge in [-0.3, -0.25) is 9.69 Å². The number of thiophene rings is 1. The average Bonchev–Trinajstić information content (AvgIpc) is 3.44. The summed E-state index contributed by atoms with van der Waals surface area (Å²) >= 11 is 1.03. The van der Waals surface area contributed by atoms with Crippen LogP contribution in [0.25, 0.3) is 21.1 Å². The van der Waals surface area contributed by atoms with Crippen LogP contribution < -0.4 is 11.1 Å². The molecular weight excluding hydrogens is 531 g/mol. The molecule has 4 N–H and O–H groups in total. The van der Waals surface area contributed by atoms with E-state index in [9.17, 15) is 28.3 Å². The van der Waals surface area contributed by atoms with Gasteiger partial charge in [0.05, 0.1) is 18.4 Å². The quantitative estimate of drug-likeness (QED) is 0.301. The molecule has 4 heterocycles. The summed E-state index contributed by atoms with van der Waals surface area (Å²) in [6.45, 7) is 1.81. The summed E-state index contributed by atoms with van der Waals surface area (Å²) in [5.41, 5.74) is 7.97. The van der Waals surface area contributed by atoms with Crippen molar-refractivity contribution in [3.05, 3.63) is 52.3 Å². The summed E-state index contributed by atoms with van der Waals surface area (Å²) in [5, 5.41) is 24.4. The zero-order valence-electron chi connectivity index (χ0n) is 20.8. The van der Waals surface area contributed by atoms with Crippen molar-refractivity contribution in [2.75, 3.05) is 18.4 Å². The van der Waals surface area contributed by atoms with E-state index in [4.69, 9.17) is 5.73 Å². The molecule has 1 fully saturated rings. The van der Waals surface area contributed by atoms with E-state index in [1.54, 1.807) is 10.6 Å². The number of nitrogens with one attached hydrogen (secondary N) is 1. The molecule has 1 aromatic carbocycles. The monoisotopic (exact) mass is 557 g/mol. The highest BCUT2D eigenvalue weighted by molar-refractivity contribution is 7.18. The fraction of sp³-hybridized carbons (Fsp3) is 0.385. The summed E-state index contributed by atoms with van der Waals surface area (Å²) in [7, 11) is 0. The van der Waals surface area contributed by atoms with Gasteiger partial charge in [0.25, 0.3) is 0 Å². The molecule has 1 saturated heterocycles. The summed E-state index contributed by atoms with van der Waals surface area (Å²) in [4.78, 5) is 22.9. The van der Waals surface area contributed by atoms with Crippen molar-refractivity contribution in [3.63, 3.8) is 0 Å². The van der Waals surface area contributed by atoms with E-state index in [2.05, 4.69) is 26.3 Å². The molecule has 0 radical (unpaired) electrons. The zero-order chi connectivity index (χ0) is 27.7. The molecule has 1 amide bonds. The number of amides is 1. The van der Waals surface area contributed by atoms with Crippen molar-refractivity contribution < 1.29 is 23.1 Å². The molecule has 1 aliphatic heterocycles. The maximum atomic E-state index is 12.8. The Hall–Kier alpha value is -3.73. The number of anilines is 1. The highest BCUT2D eigenvalue weighted by atomic mass is 32.1. The van der Waals surface area contributed by atoms with Gasteiger partial charge in [-0.1, -0.05) is 6.07 Å². The van der Waals surface area contributed by atoms with Gasteiger partial charge >= 0.3 is 6.18 Å². The summed E-state index contributed by atoms with van der Waals surface area (Å²) in [6, 6.07) is 9.14. The number of primary amides is 1. The van der Waals surface area contributed by atoms with Crippen molar-refractivity contribution in [2.24, 2.45) is 5.73 Å². The molecule has 1 aliphatic rings. The Balaban J connectivity index is 1.27. The predicted octanol–water partition coefficient (Wildman–Crippen LogP) is 3.68. The van der Waals surface area contributed by atoms with E-state index in [1.807, 2.05) is 12.1 Å². The van der Waals surface area contributed by atoms with E-state index in [0.29, 0.717) is 39.4 Å². The van der Waals surface area contributed by atoms with Crippen LogP contribution >= 0.6 is 11.3 Å². The Labute approximate surface area is 225 Å². The molecule has 204 valence electrons. The SMILES string of the molecule is N#Cc1cc2c(CO)c(CN3CCC(Nc4ncnc5sc(CC(F)(F)F)cc45)CC3)ccc2n1CC(N)=O. The Morgan fingerprint density at radius 1 is 1.23 bits per heavy atom. The number of nitriles is 1. The van der Waals surface area contributed by atoms with Crippen LogP contribution in [0, 0.1) is 11.3 Å². The molecule has 0 bridgehead atoms. The first kappa shape index (κ1) is 26.9. The third kappa shape index (κ3) is 5.83. The van der Waals surface area contributed by atoms with Crippen LogP contribution in [0.4, 0.5) is 19.0 Å². The second-order valence-corrected chi connectivity index (χ2v) is 10.7. The van der Waals surface area contributed by atoms with Gasteiger partial charge in [-0.2, -0.15) is 18.4 Å². The largest absolute Gasteiger partial charge is 0.393 e. The lowest BCUT2D eigenvalue weighted by atomic mass is 10.0. The minimum absolute atomic E-state index is 0.103. The van der Waals surface area contributed by atoms with Crippen LogP contribution in [0.5, 0.6) is 0 Å². The lowest BCUT2D eigenvalue weighted by Crippen LogP contribution is -2.39. The first-order chi connectivity index (χ1) is 18.6. The molecule has 0 unspecified atom stereocenters. The molecule has 0 spiro atoms. The molecule has 39 heavy (non-hydrogen) atoms. The van der Waals surface area contributed by atoms with Crippen molar-refractivity contribution in [3.8, 4) is 6.07 Å². The van der Waals surface area contributed by atoms with E-state index in [0.717, 1.165) is 48.2 Å². The van der Waals surface area contributed by atoms with Crippen LogP contribution in [0.2, 0.25) is 0 Å². The topological polar surface area (TPSA) is 133 Å². The molecule has 5 rings (SSSR count). The van der Waals surface area contributed by atoms with E-state index in [1.165, 1.54) is 12.4 Å². The van der Waals surface area contributed by atoms with Gasteiger partial charge in [0.15, 0.2) is 0 Å². The van der Waals surface area contributed by atoms with E-state index >= 15 is 0 Å². The van der Waals surface area contributed by atoms with Crippen LogP contribution in [0.15, 0.2) is 30.6 Å². The van der Waals surface area contributed by atoms with Gasteiger partial charge in [0.1, 0.15) is 35.3 Å². The normalized spacial score (nSPS) is 15.2. The van der Waals surface area contributed by atoms with Crippen molar-refractivity contribution in [1.82, 2.24) is 19.4 Å². The van der Waals surface area contributed by atoms with Crippen molar-refractivity contribution in [2.45, 2.75) is 51.2 Å². The number of rotatable bonds is 8. The number of nitrogens with two attached hydrogens (primary N) is 1. The standard InChI is InChI=1S/C26H26F3N7O2S/c27-26(28,29)9-18-8-20-24(32-14-33-25(20)39-18)34-16-3-5-35(6-4-16)11-15-1-2-22-19(21(15)13-37)7-17(10-30)36(22)12-23(31)38/h1-2,7-8,14,16,37H,3-6,9,11-13H2,(H2,31,38)(H,32,33,34). The van der Waals surface area contributed by atoms with Gasteiger partial charge in [-0.05, 0) is 42.2 Å². The second-order valence-electron chi connectivity index (χ2n) is 9.63. The van der Waals surface area contributed by atoms with Crippen LogP contribution in [0.3, 0.4) is 0 Å². The Kier molecular flexibility index (Phi) is 7.44. The first-order valence-electron chi connectivity index (χ1n) is 12.4. The highest BCUT2D eigenvalue weighted by Crippen LogP contribution is 2.33. The van der Waals surface area contributed by atoms with Crippen molar-refractivity contribution >= 4 is 44.2 Å². The first-order valence-corrected chi connectivity index (χ1v) is 13.2. The van der Waals surface area contributed by atoms with Crippen LogP contribution in [-0.2, 0) is 30.9 Å². The molecule has 13 heteroatoms. The lowest BCUT2D eigenvalue weighted by Gasteiger charge is -2.33. The summed E-state index contributed by atoms with van der Waals surface area (Å²) in [5.74, 6) is -0.0107. The number of halogens is 3. The number of hydrogen-bond donors (Lipinski definition) is 3. The average molecular weight is 558 g/mol. The minimum atomic E-state index is -4.28. The molecule has 0 atom stereocenters. The van der Waals surface area contributed by atoms with Gasteiger partial charge in [0, 0.05) is 41.5 Å². The number of piperidine rings is 1. The number of benzene rings is 1. The van der Waals surface area contributed by atoms with Crippen LogP contribution in [0.1, 0.15) is 34.5 Å². The molecule has 9 nitrogen and oxygen atoms in total. The Morgan fingerprint density at radius 2 is 2.00 bits per heavy atom. The maximum absolute atomic E-state index is 12.8. The third-order valence-electron chi connectivity index (χ3n) is 6.96. The number of aromatic nitrogens is 3. The number of alkyl halides is 3. The Morgan fingerprint density at radius 3 is 2.67 bits per heavy atom. The van der Waals surface area contributed by atoms with E-state index in [-0.39, 0.29) is 24.1 Å². The second kappa shape index (κ2) is 10.8. The molecule has 0 saturated carbocycles. The summed E-state index contributed by atoms with van der Waals surface area (Å²) in [6.07, 6.45) is -2.29. The molecular formula is C26H26F3N7O2S. The van der Waals surface area contributed by atoms with E-state index < -0.39 is 18.5 Å². The predicted molar refractivity (Wildman–Crippen MR) is 141 cm³/mol. The zero-order valence-corrected chi connectivity index (χ0v) is 21.6. The van der Waals surface area contributed by atoms with Gasteiger partial charge in [-0.15, -0.1) is 11.3 Å². The number of nitrogens with zero attached hydrogens (tertiary/aromatic N) is 5. The molecule has 4 aromatic rings. The number of fused-ring (bicyclic) bond motifs is 2. The lowest BCUT2D eigenvalue weighted by molar-refractivity contribution is -0.126. The fourth-order valence-corrected chi connectivity index (χ4v) is 6.19. The van der Waals surface area contributed by atoms with Crippen molar-refractivity contribution in [1.29, 1.82) is 5.26 Å².